The highest BCUT2D eigenvalue weighted by molar-refractivity contribution is 7.98. The second kappa shape index (κ2) is 5.16. The topological polar surface area (TPSA) is 23.9 Å². The van der Waals surface area contributed by atoms with Crippen molar-refractivity contribution in [3.05, 3.63) is 0 Å². The highest BCUT2D eigenvalue weighted by atomic mass is 32.2. The Bertz CT molecular complexity index is 70.9. The van der Waals surface area contributed by atoms with E-state index in [2.05, 4.69) is 6.26 Å². The second-order valence-electron chi connectivity index (χ2n) is 1.88. The minimum absolute atomic E-state index is 0.805. The largest absolute Gasteiger partial charge is 0.310 e. The van der Waals surface area contributed by atoms with Crippen LogP contribution in [-0.2, 0) is 0 Å². The molecule has 0 aromatic carbocycles. The molecule has 48 valence electrons. The molecule has 0 heterocycles. The zero-order valence-electron chi connectivity index (χ0n) is 5.53. The van der Waals surface area contributed by atoms with Crippen LogP contribution in [0.15, 0.2) is 0 Å². The van der Waals surface area contributed by atoms with Crippen LogP contribution in [0, 0.1) is 5.41 Å². The van der Waals surface area contributed by atoms with Gasteiger partial charge in [-0.3, -0.25) is 0 Å². The Labute approximate surface area is 55.4 Å². The summed E-state index contributed by atoms with van der Waals surface area (Å²) in [6.45, 7) is 1.86. The maximum absolute atomic E-state index is 7.06. The quantitative estimate of drug-likeness (QED) is 0.459. The Morgan fingerprint density at radius 1 is 1.62 bits per heavy atom. The van der Waals surface area contributed by atoms with E-state index in [0.29, 0.717) is 0 Å². The van der Waals surface area contributed by atoms with E-state index in [4.69, 9.17) is 5.41 Å². The van der Waals surface area contributed by atoms with Crippen molar-refractivity contribution in [1.29, 1.82) is 5.41 Å². The third-order valence-electron chi connectivity index (χ3n) is 0.900. The van der Waals surface area contributed by atoms with Crippen molar-refractivity contribution < 1.29 is 0 Å². The van der Waals surface area contributed by atoms with Crippen LogP contribution >= 0.6 is 11.8 Å². The lowest BCUT2D eigenvalue weighted by Crippen LogP contribution is -1.88. The predicted molar refractivity (Wildman–Crippen MR) is 41.0 cm³/mol. The molecule has 2 heteroatoms. The molecule has 8 heavy (non-hydrogen) atoms. The fourth-order valence-corrected chi connectivity index (χ4v) is 0.915. The van der Waals surface area contributed by atoms with Gasteiger partial charge in [0.1, 0.15) is 0 Å². The summed E-state index contributed by atoms with van der Waals surface area (Å²) >= 11 is 1.85. The molecular weight excluding hydrogens is 118 g/mol. The van der Waals surface area contributed by atoms with E-state index in [0.717, 1.165) is 18.6 Å². The number of hydrogen-bond donors (Lipinski definition) is 1. The van der Waals surface area contributed by atoms with E-state index < -0.39 is 0 Å². The molecule has 0 saturated heterocycles. The normalized spacial score (nSPS) is 9.25. The van der Waals surface area contributed by atoms with Crippen LogP contribution in [0.2, 0.25) is 0 Å². The van der Waals surface area contributed by atoms with Gasteiger partial charge >= 0.3 is 0 Å². The summed E-state index contributed by atoms with van der Waals surface area (Å²) in [6.07, 6.45) is 4.23. The molecule has 0 bridgehead atoms. The molecule has 0 unspecified atom stereocenters. The Kier molecular flexibility index (Phi) is 5.18. The maximum Gasteiger partial charge on any atom is 0.00585 e. The van der Waals surface area contributed by atoms with E-state index in [1.54, 1.807) is 0 Å². The molecule has 1 N–H and O–H groups in total. The third kappa shape index (κ3) is 6.02. The van der Waals surface area contributed by atoms with Crippen LogP contribution in [0.3, 0.4) is 0 Å². The first-order chi connectivity index (χ1) is 3.77. The lowest BCUT2D eigenvalue weighted by Gasteiger charge is -1.93. The minimum Gasteiger partial charge on any atom is -0.310 e. The Hall–Kier alpha value is 0.0200. The zero-order valence-corrected chi connectivity index (χ0v) is 6.35. The van der Waals surface area contributed by atoms with Gasteiger partial charge in [0.05, 0.1) is 0 Å². The van der Waals surface area contributed by atoms with E-state index in [-0.39, 0.29) is 0 Å². The van der Waals surface area contributed by atoms with Crippen LogP contribution in [0.5, 0.6) is 0 Å². The van der Waals surface area contributed by atoms with Crippen LogP contribution in [0.4, 0.5) is 0 Å². The van der Waals surface area contributed by atoms with Crippen molar-refractivity contribution in [2.75, 3.05) is 12.0 Å². The Morgan fingerprint density at radius 2 is 2.25 bits per heavy atom. The molecule has 1 nitrogen and oxygen atoms in total. The average Bonchev–Trinajstić information content (AvgIpc) is 1.66. The van der Waals surface area contributed by atoms with Crippen molar-refractivity contribution in [3.8, 4) is 0 Å². The number of hydrogen-bond acceptors (Lipinski definition) is 2. The van der Waals surface area contributed by atoms with Crippen molar-refractivity contribution >= 4 is 17.5 Å². The lowest BCUT2D eigenvalue weighted by atomic mass is 10.2. The Morgan fingerprint density at radius 3 is 2.62 bits per heavy atom. The van der Waals surface area contributed by atoms with Gasteiger partial charge in [-0.1, -0.05) is 0 Å². The molecule has 0 rings (SSSR count). The first-order valence-corrected chi connectivity index (χ1v) is 4.19. The molecule has 0 spiro atoms. The summed E-state index contributed by atoms with van der Waals surface area (Å²) in [5, 5.41) is 7.06. The van der Waals surface area contributed by atoms with E-state index in [1.165, 1.54) is 5.75 Å². The number of thioether (sulfide) groups is 1. The summed E-state index contributed by atoms with van der Waals surface area (Å²) in [5.74, 6) is 1.19. The summed E-state index contributed by atoms with van der Waals surface area (Å²) in [7, 11) is 0. The van der Waals surface area contributed by atoms with Crippen molar-refractivity contribution in [2.24, 2.45) is 0 Å². The first kappa shape index (κ1) is 8.02. The van der Waals surface area contributed by atoms with Gasteiger partial charge in [-0.15, -0.1) is 0 Å². The smallest absolute Gasteiger partial charge is 0.00585 e. The molecule has 0 aliphatic heterocycles. The van der Waals surface area contributed by atoms with Gasteiger partial charge in [0.15, 0.2) is 0 Å². The summed E-state index contributed by atoms with van der Waals surface area (Å²) in [4.78, 5) is 0. The van der Waals surface area contributed by atoms with Crippen LogP contribution in [0.25, 0.3) is 0 Å². The van der Waals surface area contributed by atoms with Gasteiger partial charge in [0.25, 0.3) is 0 Å². The summed E-state index contributed by atoms with van der Waals surface area (Å²) in [5.41, 5.74) is 0.805. The van der Waals surface area contributed by atoms with Crippen LogP contribution < -0.4 is 0 Å². The van der Waals surface area contributed by atoms with E-state index >= 15 is 0 Å². The first-order valence-electron chi connectivity index (χ1n) is 2.80. The van der Waals surface area contributed by atoms with Crippen molar-refractivity contribution in [3.63, 3.8) is 0 Å². The molecule has 0 fully saturated rings. The molecule has 0 aromatic heterocycles. The van der Waals surface area contributed by atoms with Crippen molar-refractivity contribution in [2.45, 2.75) is 19.8 Å². The fourth-order valence-electron chi connectivity index (χ4n) is 0.482. The van der Waals surface area contributed by atoms with Crippen LogP contribution in [0.1, 0.15) is 19.8 Å². The van der Waals surface area contributed by atoms with Gasteiger partial charge in [-0.05, 0) is 31.8 Å². The third-order valence-corrected chi connectivity index (χ3v) is 1.60. The monoisotopic (exact) mass is 131 g/mol. The predicted octanol–water partition coefficient (Wildman–Crippen LogP) is 2.17. The highest BCUT2D eigenvalue weighted by Crippen LogP contribution is 1.98. The lowest BCUT2D eigenvalue weighted by molar-refractivity contribution is 0.996. The fraction of sp³-hybridized carbons (Fsp3) is 0.833. The van der Waals surface area contributed by atoms with E-state index in [1.807, 2.05) is 18.7 Å². The van der Waals surface area contributed by atoms with E-state index in [9.17, 15) is 0 Å². The summed E-state index contributed by atoms with van der Waals surface area (Å²) in [6, 6.07) is 0. The Balaban J connectivity index is 2.82. The molecule has 0 atom stereocenters. The van der Waals surface area contributed by atoms with Gasteiger partial charge < -0.3 is 5.41 Å². The SMILES string of the molecule is CSCCCC(C)=N. The standard InChI is InChI=1S/C6H13NS/c1-6(7)4-3-5-8-2/h7H,3-5H2,1-2H3. The molecule has 0 aliphatic carbocycles. The number of nitrogens with one attached hydrogen (secondary N) is 1. The minimum atomic E-state index is 0.805. The number of rotatable bonds is 4. The highest BCUT2D eigenvalue weighted by Gasteiger charge is 1.86. The maximum atomic E-state index is 7.06. The second-order valence-corrected chi connectivity index (χ2v) is 2.86. The van der Waals surface area contributed by atoms with Crippen molar-refractivity contribution in [1.82, 2.24) is 0 Å². The molecule has 0 aliphatic rings. The average molecular weight is 131 g/mol. The van der Waals surface area contributed by atoms with Gasteiger partial charge in [0, 0.05) is 5.71 Å². The summed E-state index contributed by atoms with van der Waals surface area (Å²) < 4.78 is 0. The van der Waals surface area contributed by atoms with Gasteiger partial charge in [-0.2, -0.15) is 11.8 Å². The zero-order chi connectivity index (χ0) is 6.41. The molecular formula is C6H13NS. The van der Waals surface area contributed by atoms with Crippen LogP contribution in [-0.4, -0.2) is 17.7 Å². The molecule has 0 radical (unpaired) electrons. The van der Waals surface area contributed by atoms with Gasteiger partial charge in [-0.25, -0.2) is 0 Å². The van der Waals surface area contributed by atoms with Gasteiger partial charge in [0.2, 0.25) is 0 Å². The molecule has 0 aromatic rings. The molecule has 0 amide bonds. The molecule has 0 saturated carbocycles.